The van der Waals surface area contributed by atoms with Gasteiger partial charge in [-0.25, -0.2) is 12.8 Å². The van der Waals surface area contributed by atoms with Crippen molar-refractivity contribution in [3.8, 4) is 0 Å². The van der Waals surface area contributed by atoms with E-state index in [0.29, 0.717) is 26.1 Å². The molecule has 1 aromatic rings. The summed E-state index contributed by atoms with van der Waals surface area (Å²) in [6.45, 7) is 0.635. The number of benzene rings is 1. The number of hydrogen-bond donors (Lipinski definition) is 3. The fraction of sp³-hybridized carbons (Fsp3) is 0.467. The molecular formula is C15H19FN2O6S. The van der Waals surface area contributed by atoms with Crippen LogP contribution in [0.5, 0.6) is 0 Å². The van der Waals surface area contributed by atoms with E-state index in [9.17, 15) is 22.4 Å². The summed E-state index contributed by atoms with van der Waals surface area (Å²) >= 11 is 0. The number of carbonyl (C=O) groups is 2. The van der Waals surface area contributed by atoms with Crippen LogP contribution in [0.3, 0.4) is 0 Å². The molecule has 1 amide bonds. The standard InChI is InChI=1S/C15H19FN2O6S/c1-25(22,23)18-12-8-10(2-3-11(12)16)14(21)17-15(9-13(19)20)4-6-24-7-5-15/h2-3,8,18H,4-7,9H2,1H3,(H,17,21)(H,19,20). The zero-order chi connectivity index (χ0) is 18.7. The molecule has 0 unspecified atom stereocenters. The van der Waals surface area contributed by atoms with E-state index in [1.165, 1.54) is 6.07 Å². The van der Waals surface area contributed by atoms with Crippen molar-refractivity contribution in [3.63, 3.8) is 0 Å². The smallest absolute Gasteiger partial charge is 0.305 e. The van der Waals surface area contributed by atoms with Gasteiger partial charge in [-0.2, -0.15) is 0 Å². The first-order valence-corrected chi connectivity index (χ1v) is 9.39. The second-order valence-electron chi connectivity index (χ2n) is 5.99. The monoisotopic (exact) mass is 374 g/mol. The summed E-state index contributed by atoms with van der Waals surface area (Å²) in [6, 6.07) is 3.24. The number of nitrogens with one attached hydrogen (secondary N) is 2. The Morgan fingerprint density at radius 1 is 1.32 bits per heavy atom. The van der Waals surface area contributed by atoms with E-state index in [2.05, 4.69) is 5.32 Å². The third kappa shape index (κ3) is 5.40. The zero-order valence-electron chi connectivity index (χ0n) is 13.5. The van der Waals surface area contributed by atoms with Crippen molar-refractivity contribution in [2.75, 3.05) is 24.2 Å². The molecule has 0 atom stereocenters. The van der Waals surface area contributed by atoms with E-state index in [1.807, 2.05) is 4.72 Å². The number of anilines is 1. The van der Waals surface area contributed by atoms with Crippen molar-refractivity contribution < 1.29 is 32.2 Å². The maximum absolute atomic E-state index is 13.7. The molecule has 0 aliphatic carbocycles. The predicted molar refractivity (Wildman–Crippen MR) is 87.4 cm³/mol. The molecule has 1 aliphatic heterocycles. The Hall–Kier alpha value is -2.20. The number of carbonyl (C=O) groups excluding carboxylic acids is 1. The van der Waals surface area contributed by atoms with Gasteiger partial charge in [-0.1, -0.05) is 0 Å². The highest BCUT2D eigenvalue weighted by atomic mass is 32.2. The molecule has 1 saturated heterocycles. The summed E-state index contributed by atoms with van der Waals surface area (Å²) < 4.78 is 43.5. The van der Waals surface area contributed by atoms with E-state index in [1.54, 1.807) is 0 Å². The Bertz CT molecular complexity index is 774. The first kappa shape index (κ1) is 19.1. The number of halogens is 1. The molecule has 138 valence electrons. The molecule has 8 nitrogen and oxygen atoms in total. The van der Waals surface area contributed by atoms with Crippen LogP contribution in [0.25, 0.3) is 0 Å². The summed E-state index contributed by atoms with van der Waals surface area (Å²) in [6.07, 6.45) is 1.27. The Morgan fingerprint density at radius 3 is 2.52 bits per heavy atom. The molecular weight excluding hydrogens is 355 g/mol. The third-order valence-corrected chi connectivity index (χ3v) is 4.43. The minimum Gasteiger partial charge on any atom is -0.481 e. The van der Waals surface area contributed by atoms with Gasteiger partial charge >= 0.3 is 5.97 Å². The van der Waals surface area contributed by atoms with Crippen molar-refractivity contribution >= 4 is 27.6 Å². The van der Waals surface area contributed by atoms with Crippen LogP contribution in [0, 0.1) is 5.82 Å². The number of amides is 1. The Kier molecular flexibility index (Phi) is 5.63. The Labute approximate surface area is 144 Å². The van der Waals surface area contributed by atoms with Crippen LogP contribution in [0.2, 0.25) is 0 Å². The minimum atomic E-state index is -3.71. The van der Waals surface area contributed by atoms with Crippen LogP contribution in [-0.4, -0.2) is 50.4 Å². The third-order valence-electron chi connectivity index (χ3n) is 3.84. The zero-order valence-corrected chi connectivity index (χ0v) is 14.4. The van der Waals surface area contributed by atoms with Crippen LogP contribution >= 0.6 is 0 Å². The van der Waals surface area contributed by atoms with Gasteiger partial charge in [0, 0.05) is 18.8 Å². The van der Waals surface area contributed by atoms with Gasteiger partial charge in [0.05, 0.1) is 23.9 Å². The van der Waals surface area contributed by atoms with Crippen molar-refractivity contribution in [2.45, 2.75) is 24.8 Å². The fourth-order valence-corrected chi connectivity index (χ4v) is 3.21. The molecule has 0 saturated carbocycles. The molecule has 0 aromatic heterocycles. The maximum atomic E-state index is 13.7. The van der Waals surface area contributed by atoms with Crippen LogP contribution in [-0.2, 0) is 19.6 Å². The molecule has 10 heteroatoms. The molecule has 0 bridgehead atoms. The van der Waals surface area contributed by atoms with Gasteiger partial charge in [-0.05, 0) is 31.0 Å². The number of carboxylic acid groups (broad SMARTS) is 1. The van der Waals surface area contributed by atoms with Gasteiger partial charge in [0.25, 0.3) is 5.91 Å². The number of aliphatic carboxylic acids is 1. The van der Waals surface area contributed by atoms with Gasteiger partial charge in [0.1, 0.15) is 5.82 Å². The van der Waals surface area contributed by atoms with Crippen LogP contribution in [0.15, 0.2) is 18.2 Å². The molecule has 0 spiro atoms. The second kappa shape index (κ2) is 7.36. The van der Waals surface area contributed by atoms with Crippen LogP contribution in [0.1, 0.15) is 29.6 Å². The van der Waals surface area contributed by atoms with Crippen LogP contribution in [0.4, 0.5) is 10.1 Å². The molecule has 0 radical (unpaired) electrons. The first-order valence-electron chi connectivity index (χ1n) is 7.50. The summed E-state index contributed by atoms with van der Waals surface area (Å²) in [4.78, 5) is 23.6. The Morgan fingerprint density at radius 2 is 1.96 bits per heavy atom. The van der Waals surface area contributed by atoms with Crippen molar-refractivity contribution in [2.24, 2.45) is 0 Å². The highest BCUT2D eigenvalue weighted by Crippen LogP contribution is 2.26. The van der Waals surface area contributed by atoms with Gasteiger partial charge in [0.15, 0.2) is 0 Å². The van der Waals surface area contributed by atoms with Gasteiger partial charge in [-0.15, -0.1) is 0 Å². The number of carboxylic acids is 1. The lowest BCUT2D eigenvalue weighted by molar-refractivity contribution is -0.139. The molecule has 2 rings (SSSR count). The molecule has 1 aromatic carbocycles. The van der Waals surface area contributed by atoms with E-state index < -0.39 is 33.3 Å². The highest BCUT2D eigenvalue weighted by molar-refractivity contribution is 7.92. The normalized spacial score (nSPS) is 16.9. The van der Waals surface area contributed by atoms with Crippen molar-refractivity contribution in [3.05, 3.63) is 29.6 Å². The van der Waals surface area contributed by atoms with Crippen molar-refractivity contribution in [1.29, 1.82) is 0 Å². The highest BCUT2D eigenvalue weighted by Gasteiger charge is 2.36. The second-order valence-corrected chi connectivity index (χ2v) is 7.73. The quantitative estimate of drug-likeness (QED) is 0.682. The average molecular weight is 374 g/mol. The number of ether oxygens (including phenoxy) is 1. The fourth-order valence-electron chi connectivity index (χ4n) is 2.66. The lowest BCUT2D eigenvalue weighted by Crippen LogP contribution is -2.53. The molecule has 1 heterocycles. The molecule has 1 aliphatic rings. The SMILES string of the molecule is CS(=O)(=O)Nc1cc(C(=O)NC2(CC(=O)O)CCOCC2)ccc1F. The summed E-state index contributed by atoms with van der Waals surface area (Å²) in [5.74, 6) is -2.49. The summed E-state index contributed by atoms with van der Waals surface area (Å²) in [7, 11) is -3.71. The first-order chi connectivity index (χ1) is 11.6. The number of sulfonamides is 1. The molecule has 3 N–H and O–H groups in total. The lowest BCUT2D eigenvalue weighted by Gasteiger charge is -2.36. The summed E-state index contributed by atoms with van der Waals surface area (Å²) in [5, 5.41) is 11.8. The van der Waals surface area contributed by atoms with Gasteiger partial charge < -0.3 is 15.2 Å². The van der Waals surface area contributed by atoms with E-state index in [0.717, 1.165) is 18.4 Å². The maximum Gasteiger partial charge on any atom is 0.305 e. The Balaban J connectivity index is 2.24. The van der Waals surface area contributed by atoms with E-state index >= 15 is 0 Å². The average Bonchev–Trinajstić information content (AvgIpc) is 2.48. The number of rotatable bonds is 6. The van der Waals surface area contributed by atoms with Gasteiger partial charge in [-0.3, -0.25) is 14.3 Å². The molecule has 1 fully saturated rings. The van der Waals surface area contributed by atoms with E-state index in [4.69, 9.17) is 9.84 Å². The largest absolute Gasteiger partial charge is 0.481 e. The lowest BCUT2D eigenvalue weighted by atomic mass is 9.86. The van der Waals surface area contributed by atoms with Crippen LogP contribution < -0.4 is 10.0 Å². The van der Waals surface area contributed by atoms with Gasteiger partial charge in [0.2, 0.25) is 10.0 Å². The molecule has 25 heavy (non-hydrogen) atoms. The summed E-state index contributed by atoms with van der Waals surface area (Å²) in [5.41, 5.74) is -1.29. The minimum absolute atomic E-state index is 0.0174. The van der Waals surface area contributed by atoms with Crippen molar-refractivity contribution in [1.82, 2.24) is 5.32 Å². The predicted octanol–water partition coefficient (Wildman–Crippen LogP) is 0.951. The number of hydrogen-bond acceptors (Lipinski definition) is 5. The van der Waals surface area contributed by atoms with E-state index in [-0.39, 0.29) is 17.7 Å². The topological polar surface area (TPSA) is 122 Å².